The van der Waals surface area contributed by atoms with Crippen LogP contribution in [0.1, 0.15) is 0 Å². The van der Waals surface area contributed by atoms with Gasteiger partial charge in [-0.25, -0.2) is 0 Å². The summed E-state index contributed by atoms with van der Waals surface area (Å²) >= 11 is -0.722. The van der Waals surface area contributed by atoms with Crippen molar-refractivity contribution in [3.05, 3.63) is 65.9 Å². The van der Waals surface area contributed by atoms with Crippen LogP contribution in [0.5, 0.6) is 0 Å². The van der Waals surface area contributed by atoms with Gasteiger partial charge in [0.05, 0.1) is 11.4 Å². The molecule has 0 fully saturated rings. The minimum absolute atomic E-state index is 0.722. The van der Waals surface area contributed by atoms with Crippen molar-refractivity contribution in [3.63, 3.8) is 0 Å². The molecule has 19 heavy (non-hydrogen) atoms. The number of rotatable bonds is 1. The predicted molar refractivity (Wildman–Crippen MR) is 69.8 cm³/mol. The Balaban J connectivity index is 0. The summed E-state index contributed by atoms with van der Waals surface area (Å²) in [6.45, 7) is 4.50. The van der Waals surface area contributed by atoms with E-state index in [0.717, 1.165) is 11.4 Å². The minimum atomic E-state index is -0.722. The molecule has 2 aromatic rings. The van der Waals surface area contributed by atoms with Crippen molar-refractivity contribution in [3.8, 4) is 11.4 Å². The first kappa shape index (κ1) is 20.2. The normalized spacial score (nSPS) is 7.37. The standard InChI is InChI=1S/C10H8N2.CO.2ClH.NO.Re/c1-3-7-11-9(5-1)10-6-2-4-8-12-10;1-2;;;1-2;/h1-8H;;2*1H;;/q;;;;-1;+2/p-2. The van der Waals surface area contributed by atoms with E-state index in [1.807, 2.05) is 36.4 Å². The first-order valence-corrected chi connectivity index (χ1v) is 11.2. The van der Waals surface area contributed by atoms with E-state index >= 15 is 0 Å². The third-order valence-electron chi connectivity index (χ3n) is 1.59. The number of aromatic nitrogens is 2. The Labute approximate surface area is 127 Å². The largest absolute Gasteiger partial charge is 0.577 e. The number of halogens is 2. The van der Waals surface area contributed by atoms with E-state index in [2.05, 4.69) is 16.6 Å². The average Bonchev–Trinajstić information content (AvgIpc) is 2.54. The molecule has 5 nitrogen and oxygen atoms in total. The molecule has 0 saturated carbocycles. The van der Waals surface area contributed by atoms with Crippen molar-refractivity contribution >= 4 is 19.1 Å². The number of hydrogen-bond donors (Lipinski definition) is 0. The first-order chi connectivity index (χ1) is 9.38. The molecule has 2 heterocycles. The summed E-state index contributed by atoms with van der Waals surface area (Å²) in [5.74, 6) is 0. The van der Waals surface area contributed by atoms with Gasteiger partial charge in [0.1, 0.15) is 0 Å². The summed E-state index contributed by atoms with van der Waals surface area (Å²) in [7, 11) is 9.83. The second-order valence-electron chi connectivity index (χ2n) is 2.48. The van der Waals surface area contributed by atoms with E-state index in [9.17, 15) is 0 Å². The first-order valence-electron chi connectivity index (χ1n) is 4.46. The number of hydrogen-bond acceptors (Lipinski definition) is 3. The van der Waals surface area contributed by atoms with Crippen LogP contribution in [0.25, 0.3) is 17.0 Å². The molecule has 0 aliphatic heterocycles. The number of nitrogens with zero attached hydrogens (tertiary/aromatic N) is 3. The van der Waals surface area contributed by atoms with Gasteiger partial charge < -0.3 is 10.5 Å². The molecular formula is C11H8Cl2N3O2Re-. The van der Waals surface area contributed by atoms with Crippen LogP contribution in [-0.4, -0.2) is 9.97 Å². The Hall–Kier alpha value is -1.12. The van der Waals surface area contributed by atoms with Gasteiger partial charge in [0, 0.05) is 12.4 Å². The Kier molecular flexibility index (Phi) is 18.0. The molecule has 0 saturated heterocycles. The van der Waals surface area contributed by atoms with E-state index in [-0.39, 0.29) is 0 Å². The fourth-order valence-electron chi connectivity index (χ4n) is 1.03. The molecule has 0 aliphatic carbocycles. The van der Waals surface area contributed by atoms with Crippen molar-refractivity contribution in [1.29, 1.82) is 0 Å². The minimum Gasteiger partial charge on any atom is -0.577 e. The maximum Gasteiger partial charge on any atom is 0.0886 e. The molecular weight excluding hydrogens is 463 g/mol. The molecule has 0 aliphatic rings. The fraction of sp³-hybridized carbons (Fsp3) is 0. The van der Waals surface area contributed by atoms with Crippen LogP contribution in [0.4, 0.5) is 0 Å². The molecule has 8 heteroatoms. The zero-order chi connectivity index (χ0) is 14.9. The molecule has 0 aromatic carbocycles. The van der Waals surface area contributed by atoms with E-state index < -0.39 is 15.9 Å². The van der Waals surface area contributed by atoms with Crippen molar-refractivity contribution in [2.24, 2.45) is 0 Å². The molecule has 101 valence electrons. The summed E-state index contributed by atoms with van der Waals surface area (Å²) in [6, 6.07) is 11.6. The third kappa shape index (κ3) is 10.5. The van der Waals surface area contributed by atoms with Gasteiger partial charge in [-0.15, -0.1) is 0 Å². The van der Waals surface area contributed by atoms with E-state index in [1.165, 1.54) is 0 Å². The zero-order valence-corrected chi connectivity index (χ0v) is 13.6. The van der Waals surface area contributed by atoms with Gasteiger partial charge >= 0.3 is 46.3 Å². The van der Waals surface area contributed by atoms with Crippen molar-refractivity contribution in [2.45, 2.75) is 0 Å². The Morgan fingerprint density at radius 3 is 1.47 bits per heavy atom. The summed E-state index contributed by atoms with van der Waals surface area (Å²) in [5, 5.41) is 0. The van der Waals surface area contributed by atoms with Crippen molar-refractivity contribution in [2.75, 3.05) is 0 Å². The Bertz CT molecular complexity index is 394. The van der Waals surface area contributed by atoms with Crippen LogP contribution in [0.3, 0.4) is 0 Å². The Morgan fingerprint density at radius 1 is 0.947 bits per heavy atom. The summed E-state index contributed by atoms with van der Waals surface area (Å²) in [5.41, 5.74) is 7.58. The molecule has 0 radical (unpaired) electrons. The summed E-state index contributed by atoms with van der Waals surface area (Å²) < 4.78 is 7.50. The summed E-state index contributed by atoms with van der Waals surface area (Å²) in [6.07, 6.45) is 3.54. The van der Waals surface area contributed by atoms with Crippen LogP contribution in [0.15, 0.2) is 48.8 Å². The van der Waals surface area contributed by atoms with Gasteiger partial charge in [0.2, 0.25) is 0 Å². The van der Waals surface area contributed by atoms with Gasteiger partial charge in [0.25, 0.3) is 0 Å². The van der Waals surface area contributed by atoms with Crippen molar-refractivity contribution < 1.29 is 20.6 Å². The predicted octanol–water partition coefficient (Wildman–Crippen LogP) is 3.80. The molecule has 0 amide bonds. The molecule has 0 atom stereocenters. The van der Waals surface area contributed by atoms with E-state index in [0.29, 0.717) is 0 Å². The number of nitroso groups, excluding NO2 is 1. The maximum atomic E-state index is 7.50. The topological polar surface area (TPSA) is 85.0 Å². The quantitative estimate of drug-likeness (QED) is 0.469. The van der Waals surface area contributed by atoms with E-state index in [4.69, 9.17) is 34.2 Å². The zero-order valence-electron chi connectivity index (χ0n) is 9.41. The van der Waals surface area contributed by atoms with Gasteiger partial charge in [-0.05, 0) is 24.3 Å². The van der Waals surface area contributed by atoms with Crippen LogP contribution in [0.2, 0.25) is 0 Å². The SMILES string of the molecule is [C-]#[O+].[Cl][Re][Cl].[N-]=O.c1ccc(-c2ccccn2)nc1. The molecule has 2 rings (SSSR count). The average molecular weight is 471 g/mol. The van der Waals surface area contributed by atoms with E-state index in [1.54, 1.807) is 12.4 Å². The summed E-state index contributed by atoms with van der Waals surface area (Å²) in [4.78, 5) is 15.6. The van der Waals surface area contributed by atoms with Crippen LogP contribution in [0, 0.1) is 11.6 Å². The van der Waals surface area contributed by atoms with Crippen LogP contribution < -0.4 is 0 Å². The molecule has 2 aromatic heterocycles. The smallest absolute Gasteiger partial charge is 0.0886 e. The van der Waals surface area contributed by atoms with Gasteiger partial charge in [-0.1, -0.05) is 12.1 Å². The number of pyridine rings is 2. The molecule has 0 bridgehead atoms. The third-order valence-corrected chi connectivity index (χ3v) is 1.59. The molecule has 0 spiro atoms. The van der Waals surface area contributed by atoms with Gasteiger partial charge in [0.15, 0.2) is 0 Å². The second kappa shape index (κ2) is 16.9. The second-order valence-corrected chi connectivity index (χ2v) is 6.41. The fourth-order valence-corrected chi connectivity index (χ4v) is 1.03. The monoisotopic (exact) mass is 471 g/mol. The van der Waals surface area contributed by atoms with Gasteiger partial charge in [-0.2, -0.15) is 0 Å². The van der Waals surface area contributed by atoms with Crippen molar-refractivity contribution in [1.82, 2.24) is 9.97 Å². The molecule has 0 unspecified atom stereocenters. The Morgan fingerprint density at radius 2 is 1.26 bits per heavy atom. The van der Waals surface area contributed by atoms with Gasteiger partial charge in [-0.3, -0.25) is 9.97 Å². The van der Waals surface area contributed by atoms with Crippen LogP contribution in [-0.2, 0) is 20.6 Å². The van der Waals surface area contributed by atoms with Crippen LogP contribution >= 0.6 is 19.1 Å². The molecule has 0 N–H and O–H groups in total. The maximum absolute atomic E-state index is 7.50.